The number of nitrogens with zero attached hydrogens (tertiary/aromatic N) is 3. The average Bonchev–Trinajstić information content (AvgIpc) is 2.96. The van der Waals surface area contributed by atoms with Gasteiger partial charge < -0.3 is 4.74 Å². The Hall–Kier alpha value is -1.55. The van der Waals surface area contributed by atoms with E-state index < -0.39 is 0 Å². The fourth-order valence-corrected chi connectivity index (χ4v) is 4.55. The summed E-state index contributed by atoms with van der Waals surface area (Å²) in [5, 5.41) is 0.735. The monoisotopic (exact) mass is 570 g/mol. The number of hydrogen-bond donors (Lipinski definition) is 1. The molecule has 1 aliphatic heterocycles. The number of ketones is 1. The second kappa shape index (κ2) is 12.6. The molecule has 2 heterocycles. The number of fused-ring (bicyclic) bond motifs is 1. The second-order valence-corrected chi connectivity index (χ2v) is 8.79. The zero-order chi connectivity index (χ0) is 23.6. The maximum Gasteiger partial charge on any atom is 0.213 e. The lowest BCUT2D eigenvalue weighted by Gasteiger charge is -2.28. The van der Waals surface area contributed by atoms with Gasteiger partial charge in [-0.25, -0.2) is 4.98 Å². The van der Waals surface area contributed by atoms with Crippen molar-refractivity contribution in [3.05, 3.63) is 53.2 Å². The Labute approximate surface area is 210 Å². The summed E-state index contributed by atoms with van der Waals surface area (Å²) in [6.07, 6.45) is 6.78. The molecular weight excluding hydrogens is 539 g/mol. The third kappa shape index (κ3) is 7.23. The predicted octanol–water partition coefficient (Wildman–Crippen LogP) is 5.54. The van der Waals surface area contributed by atoms with E-state index in [2.05, 4.69) is 16.9 Å². The van der Waals surface area contributed by atoms with E-state index in [9.17, 15) is 4.79 Å². The number of ether oxygens (including phenoxy) is 1. The van der Waals surface area contributed by atoms with Crippen molar-refractivity contribution in [3.8, 4) is 5.88 Å². The number of aliphatic imine (C=N–C) groups is 1. The number of nitrogens with two attached hydrogens (primary N) is 1. The third-order valence-electron chi connectivity index (χ3n) is 5.93. The van der Waals surface area contributed by atoms with Crippen LogP contribution in [-0.2, 0) is 11.3 Å². The highest BCUT2D eigenvalue weighted by Gasteiger charge is 2.27. The summed E-state index contributed by atoms with van der Waals surface area (Å²) in [4.78, 5) is 24.1. The van der Waals surface area contributed by atoms with E-state index in [1.807, 2.05) is 40.3 Å². The Bertz CT molecular complexity index is 939. The number of carbonyl (C=O) groups is 1. The number of aromatic nitrogens is 1. The molecule has 0 saturated heterocycles. The molecule has 1 aliphatic carbocycles. The molecule has 32 heavy (non-hydrogen) atoms. The van der Waals surface area contributed by atoms with Gasteiger partial charge in [0.15, 0.2) is 0 Å². The Balaban J connectivity index is 0.000000968. The molecule has 0 bridgehead atoms. The molecule has 0 spiro atoms. The van der Waals surface area contributed by atoms with E-state index in [0.29, 0.717) is 18.1 Å². The average molecular weight is 571 g/mol. The van der Waals surface area contributed by atoms with Crippen molar-refractivity contribution in [1.29, 1.82) is 0 Å². The summed E-state index contributed by atoms with van der Waals surface area (Å²) >= 11 is 7.84. The Morgan fingerprint density at radius 2 is 2.06 bits per heavy atom. The van der Waals surface area contributed by atoms with E-state index in [-0.39, 0.29) is 12.0 Å². The first-order valence-electron chi connectivity index (χ1n) is 11.4. The molecule has 2 aromatic rings. The van der Waals surface area contributed by atoms with Crippen LogP contribution in [0.25, 0.3) is 0 Å². The highest BCUT2D eigenvalue weighted by Crippen LogP contribution is 2.30. The second-order valence-electron chi connectivity index (χ2n) is 8.35. The molecule has 2 N–H and O–H groups in total. The molecule has 0 radical (unpaired) electrons. The first-order chi connectivity index (χ1) is 16.0. The predicted molar refractivity (Wildman–Crippen MR) is 138 cm³/mol. The largest absolute Gasteiger partial charge is 0.474 e. The van der Waals surface area contributed by atoms with E-state index in [4.69, 9.17) is 22.7 Å². The number of hydrogen-bond acceptors (Lipinski definition) is 6. The maximum absolute atomic E-state index is 12.8. The van der Waals surface area contributed by atoms with Crippen LogP contribution in [0.2, 0.25) is 6.43 Å². The smallest absolute Gasteiger partial charge is 0.213 e. The summed E-state index contributed by atoms with van der Waals surface area (Å²) < 4.78 is 13.9. The van der Waals surface area contributed by atoms with Crippen LogP contribution in [0.1, 0.15) is 44.1 Å². The molecule has 4 rings (SSSR count). The molecule has 0 atom stereocenters. The van der Waals surface area contributed by atoms with Crippen molar-refractivity contribution in [2.24, 2.45) is 14.9 Å². The molecule has 6 nitrogen and oxygen atoms in total. The molecule has 172 valence electrons. The summed E-state index contributed by atoms with van der Waals surface area (Å²) in [5.74, 6) is 1.17. The zero-order valence-corrected chi connectivity index (χ0v) is 21.2. The van der Waals surface area contributed by atoms with Crippen LogP contribution >= 0.6 is 34.5 Å². The lowest BCUT2D eigenvalue weighted by Crippen LogP contribution is -2.29. The molecule has 1 aromatic heterocycles. The molecule has 1 fully saturated rings. The van der Waals surface area contributed by atoms with Crippen LogP contribution in [-0.4, -0.2) is 41.1 Å². The summed E-state index contributed by atoms with van der Waals surface area (Å²) in [7, 11) is 2.08. The minimum Gasteiger partial charge on any atom is -0.474 e. The minimum atomic E-state index is 0.142. The topological polar surface area (TPSA) is 80.8 Å². The van der Waals surface area contributed by atoms with Gasteiger partial charge in [0.1, 0.15) is 13.3 Å². The normalized spacial score (nSPS) is 21.2. The standard InChI is InChI=1S/C24H28ClN3O2.H2IN/c1-28-15-18-14-19(25)7-11-22(18)27-20(16-28)8-12-23(29)17-5-9-21(10-6-17)30-24-4-2-3-13-26-24;1-2/h2-4,7,11,13-14,17,21H,5-6,8-10,12,15-16H2,1H3;2H2/i/hT. The first kappa shape index (κ1) is 23.6. The van der Waals surface area contributed by atoms with Gasteiger partial charge in [0.25, 0.3) is 0 Å². The fourth-order valence-electron chi connectivity index (χ4n) is 4.35. The van der Waals surface area contributed by atoms with Gasteiger partial charge in [-0.1, -0.05) is 17.7 Å². The van der Waals surface area contributed by atoms with Gasteiger partial charge >= 0.3 is 0 Å². The van der Waals surface area contributed by atoms with Gasteiger partial charge in [0.2, 0.25) is 5.88 Å². The SMILES string of the molecule is CN1CC(CCC(=O)C2CCC(Oc3ccccn3)CC2)=Nc2ccc(Cl)cc2C1.[3H]NI. The van der Waals surface area contributed by atoms with Crippen molar-refractivity contribution in [1.82, 2.24) is 9.88 Å². The van der Waals surface area contributed by atoms with Gasteiger partial charge in [-0.2, -0.15) is 0 Å². The van der Waals surface area contributed by atoms with Gasteiger partial charge in [0, 0.05) is 71.3 Å². The lowest BCUT2D eigenvalue weighted by atomic mass is 9.83. The molecule has 0 amide bonds. The molecule has 2 aliphatic rings. The molecule has 8 heteroatoms. The molecule has 1 aromatic carbocycles. The maximum atomic E-state index is 12.8. The van der Waals surface area contributed by atoms with Crippen molar-refractivity contribution in [2.45, 2.75) is 51.2 Å². The highest BCUT2D eigenvalue weighted by molar-refractivity contribution is 14.1. The number of carbonyl (C=O) groups excluding carboxylic acids is 1. The number of Topliss-reactive ketones (excluding diaryl/α,β-unsaturated/α-hetero) is 1. The Morgan fingerprint density at radius 1 is 1.28 bits per heavy atom. The van der Waals surface area contributed by atoms with Crippen molar-refractivity contribution < 1.29 is 10.9 Å². The molecular formula is C24H30ClIN4O2. The van der Waals surface area contributed by atoms with Crippen LogP contribution in [0.15, 0.2) is 47.6 Å². The zero-order valence-electron chi connectivity index (χ0n) is 19.3. The number of halogens is 2. The van der Waals surface area contributed by atoms with Crippen LogP contribution in [0.3, 0.4) is 0 Å². The third-order valence-corrected chi connectivity index (χ3v) is 6.16. The minimum absolute atomic E-state index is 0.142. The first-order valence-corrected chi connectivity index (χ1v) is 12.3. The van der Waals surface area contributed by atoms with Crippen molar-refractivity contribution >= 4 is 51.6 Å². The number of benzene rings is 1. The van der Waals surface area contributed by atoms with Crippen molar-refractivity contribution in [3.63, 3.8) is 0 Å². The van der Waals surface area contributed by atoms with Crippen LogP contribution < -0.4 is 8.68 Å². The highest BCUT2D eigenvalue weighted by atomic mass is 127. The quantitative estimate of drug-likeness (QED) is 0.365. The lowest BCUT2D eigenvalue weighted by molar-refractivity contribution is -0.124. The number of rotatable bonds is 6. The van der Waals surface area contributed by atoms with Crippen LogP contribution in [0.5, 0.6) is 5.88 Å². The molecule has 1 saturated carbocycles. The number of pyridine rings is 1. The summed E-state index contributed by atoms with van der Waals surface area (Å²) in [6, 6.07) is 11.5. The van der Waals surface area contributed by atoms with Crippen molar-refractivity contribution in [2.75, 3.05) is 13.6 Å². The van der Waals surface area contributed by atoms with E-state index in [0.717, 1.165) is 67.2 Å². The Kier molecular flexibility index (Phi) is 9.31. The van der Waals surface area contributed by atoms with Crippen LogP contribution in [0, 0.1) is 5.92 Å². The summed E-state index contributed by atoms with van der Waals surface area (Å²) in [6.45, 7) is 1.60. The van der Waals surface area contributed by atoms with Gasteiger partial charge in [-0.15, -0.1) is 0 Å². The van der Waals surface area contributed by atoms with Gasteiger partial charge in [0.05, 0.1) is 5.69 Å². The molecule has 0 unspecified atom stereocenters. The van der Waals surface area contributed by atoms with E-state index in [1.54, 1.807) is 29.1 Å². The Morgan fingerprint density at radius 3 is 2.78 bits per heavy atom. The van der Waals surface area contributed by atoms with Gasteiger partial charge in [-0.05, 0) is 69.0 Å². The summed E-state index contributed by atoms with van der Waals surface area (Å²) in [5.41, 5.74) is 3.18. The van der Waals surface area contributed by atoms with E-state index >= 15 is 0 Å². The van der Waals surface area contributed by atoms with Gasteiger partial charge in [-0.3, -0.25) is 18.6 Å². The fraction of sp³-hybridized carbons (Fsp3) is 0.458. The van der Waals surface area contributed by atoms with Crippen LogP contribution in [0.4, 0.5) is 5.69 Å². The van der Waals surface area contributed by atoms with E-state index in [1.165, 1.54) is 0 Å².